The number of carbonyl (C=O) groups is 1. The average molecular weight is 337 g/mol. The lowest BCUT2D eigenvalue weighted by Crippen LogP contribution is -2.38. The molecule has 0 saturated carbocycles. The van der Waals surface area contributed by atoms with Crippen molar-refractivity contribution in [3.05, 3.63) is 27.3 Å². The van der Waals surface area contributed by atoms with Gasteiger partial charge in [-0.25, -0.2) is 9.78 Å². The molecule has 2 amide bonds. The van der Waals surface area contributed by atoms with Gasteiger partial charge in [-0.15, -0.1) is 11.3 Å². The minimum Gasteiger partial charge on any atom is -0.337 e. The lowest BCUT2D eigenvalue weighted by atomic mass is 10.2. The molecule has 1 N–H and O–H groups in total. The van der Waals surface area contributed by atoms with Crippen molar-refractivity contribution in [2.75, 3.05) is 7.05 Å². The van der Waals surface area contributed by atoms with Crippen molar-refractivity contribution in [1.82, 2.24) is 25.3 Å². The standard InChI is InChI=1S/C15H23N5O2S/c1-8(2)14-17-9(3)13(23-14)10(4)20(6)15(21)16-7-12-18-11(5)19-22-12/h8,10H,7H2,1-6H3,(H,16,21). The lowest BCUT2D eigenvalue weighted by Gasteiger charge is -2.24. The van der Waals surface area contributed by atoms with Crippen LogP contribution in [-0.2, 0) is 6.54 Å². The van der Waals surface area contributed by atoms with E-state index in [0.717, 1.165) is 15.6 Å². The molecule has 0 saturated heterocycles. The third kappa shape index (κ3) is 4.07. The number of carbonyl (C=O) groups excluding carboxylic acids is 1. The van der Waals surface area contributed by atoms with Crippen LogP contribution < -0.4 is 5.32 Å². The third-order valence-corrected chi connectivity index (χ3v) is 5.21. The van der Waals surface area contributed by atoms with E-state index < -0.39 is 0 Å². The number of aryl methyl sites for hydroxylation is 2. The topological polar surface area (TPSA) is 84.2 Å². The van der Waals surface area contributed by atoms with Crippen LogP contribution in [0.5, 0.6) is 0 Å². The van der Waals surface area contributed by atoms with Crippen LogP contribution in [0.3, 0.4) is 0 Å². The Bertz CT molecular complexity index is 679. The summed E-state index contributed by atoms with van der Waals surface area (Å²) in [6.07, 6.45) is 0. The predicted octanol–water partition coefficient (Wildman–Crippen LogP) is 3.17. The first-order valence-corrected chi connectivity index (χ1v) is 8.38. The zero-order valence-corrected chi connectivity index (χ0v) is 15.2. The number of rotatable bonds is 5. The molecule has 0 aliphatic rings. The minimum atomic E-state index is -0.188. The fraction of sp³-hybridized carbons (Fsp3) is 0.600. The van der Waals surface area contributed by atoms with Crippen LogP contribution in [0.1, 0.15) is 60.0 Å². The molecule has 0 bridgehead atoms. The Morgan fingerprint density at radius 2 is 2.00 bits per heavy atom. The van der Waals surface area contributed by atoms with Crippen LogP contribution in [0, 0.1) is 13.8 Å². The second-order valence-electron chi connectivity index (χ2n) is 5.84. The number of hydrogen-bond donors (Lipinski definition) is 1. The maximum Gasteiger partial charge on any atom is 0.318 e. The van der Waals surface area contributed by atoms with Gasteiger partial charge in [0.25, 0.3) is 0 Å². The van der Waals surface area contributed by atoms with Gasteiger partial charge in [0.15, 0.2) is 5.82 Å². The van der Waals surface area contributed by atoms with Gasteiger partial charge in [0.1, 0.15) is 0 Å². The van der Waals surface area contributed by atoms with E-state index in [2.05, 4.69) is 34.3 Å². The van der Waals surface area contributed by atoms with Crippen LogP contribution in [0.25, 0.3) is 0 Å². The van der Waals surface area contributed by atoms with Gasteiger partial charge in [-0.2, -0.15) is 4.98 Å². The zero-order valence-electron chi connectivity index (χ0n) is 14.4. The van der Waals surface area contributed by atoms with Crippen molar-refractivity contribution >= 4 is 17.4 Å². The zero-order chi connectivity index (χ0) is 17.1. The third-order valence-electron chi connectivity index (χ3n) is 3.58. The van der Waals surface area contributed by atoms with Crippen molar-refractivity contribution in [2.45, 2.75) is 53.1 Å². The molecule has 0 aliphatic carbocycles. The number of amides is 2. The van der Waals surface area contributed by atoms with Crippen molar-refractivity contribution < 1.29 is 9.32 Å². The molecular weight excluding hydrogens is 314 g/mol. The molecule has 0 fully saturated rings. The van der Waals surface area contributed by atoms with E-state index in [-0.39, 0.29) is 18.6 Å². The molecule has 0 radical (unpaired) electrons. The summed E-state index contributed by atoms with van der Waals surface area (Å²) >= 11 is 1.67. The van der Waals surface area contributed by atoms with Gasteiger partial charge < -0.3 is 14.7 Å². The quantitative estimate of drug-likeness (QED) is 0.906. The van der Waals surface area contributed by atoms with Crippen LogP contribution in [0.2, 0.25) is 0 Å². The maximum absolute atomic E-state index is 12.3. The molecule has 2 heterocycles. The summed E-state index contributed by atoms with van der Waals surface area (Å²) in [7, 11) is 1.77. The fourth-order valence-electron chi connectivity index (χ4n) is 2.10. The Morgan fingerprint density at radius 1 is 1.30 bits per heavy atom. The number of aromatic nitrogens is 3. The molecule has 1 atom stereocenters. The summed E-state index contributed by atoms with van der Waals surface area (Å²) in [5, 5.41) is 7.58. The van der Waals surface area contributed by atoms with E-state index in [9.17, 15) is 4.79 Å². The minimum absolute atomic E-state index is 0.0515. The second-order valence-corrected chi connectivity index (χ2v) is 6.90. The largest absolute Gasteiger partial charge is 0.337 e. The first kappa shape index (κ1) is 17.4. The monoisotopic (exact) mass is 337 g/mol. The molecule has 2 aromatic heterocycles. The summed E-state index contributed by atoms with van der Waals surface area (Å²) in [4.78, 5) is 23.7. The first-order valence-electron chi connectivity index (χ1n) is 7.56. The summed E-state index contributed by atoms with van der Waals surface area (Å²) in [5.41, 5.74) is 0.985. The molecular formula is C15H23N5O2S. The molecule has 8 heteroatoms. The lowest BCUT2D eigenvalue weighted by molar-refractivity contribution is 0.193. The number of hydrogen-bond acceptors (Lipinski definition) is 6. The molecule has 23 heavy (non-hydrogen) atoms. The molecule has 2 aromatic rings. The Labute approximate surface area is 140 Å². The van der Waals surface area contributed by atoms with E-state index in [1.807, 2.05) is 13.8 Å². The second kappa shape index (κ2) is 7.08. The van der Waals surface area contributed by atoms with Gasteiger partial charge in [-0.3, -0.25) is 0 Å². The van der Waals surface area contributed by atoms with Gasteiger partial charge in [-0.05, 0) is 20.8 Å². The SMILES string of the molecule is Cc1noc(CNC(=O)N(C)C(C)c2sc(C(C)C)nc2C)n1. The normalized spacial score (nSPS) is 12.5. The van der Waals surface area contributed by atoms with E-state index >= 15 is 0 Å². The average Bonchev–Trinajstić information content (AvgIpc) is 3.09. The molecule has 2 rings (SSSR count). The van der Waals surface area contributed by atoms with Gasteiger partial charge in [0.05, 0.1) is 23.3 Å². The van der Waals surface area contributed by atoms with Crippen molar-refractivity contribution in [2.24, 2.45) is 0 Å². The molecule has 1 unspecified atom stereocenters. The van der Waals surface area contributed by atoms with Crippen molar-refractivity contribution in [3.8, 4) is 0 Å². The van der Waals surface area contributed by atoms with Crippen LogP contribution >= 0.6 is 11.3 Å². The molecule has 0 spiro atoms. The van der Waals surface area contributed by atoms with Crippen molar-refractivity contribution in [1.29, 1.82) is 0 Å². The molecule has 0 aliphatic heterocycles. The van der Waals surface area contributed by atoms with E-state index in [4.69, 9.17) is 4.52 Å². The summed E-state index contributed by atoms with van der Waals surface area (Å²) in [6, 6.07) is -0.239. The maximum atomic E-state index is 12.3. The Morgan fingerprint density at radius 3 is 2.52 bits per heavy atom. The molecule has 126 valence electrons. The van der Waals surface area contributed by atoms with Gasteiger partial charge in [0, 0.05) is 17.8 Å². The molecule has 0 aromatic carbocycles. The smallest absolute Gasteiger partial charge is 0.318 e. The summed E-state index contributed by atoms with van der Waals surface area (Å²) < 4.78 is 4.99. The summed E-state index contributed by atoms with van der Waals surface area (Å²) in [5.74, 6) is 1.34. The Hall–Kier alpha value is -1.96. The number of urea groups is 1. The number of nitrogens with one attached hydrogen (secondary N) is 1. The predicted molar refractivity (Wildman–Crippen MR) is 88.4 cm³/mol. The number of nitrogens with zero attached hydrogens (tertiary/aromatic N) is 4. The van der Waals surface area contributed by atoms with Gasteiger partial charge in [-0.1, -0.05) is 19.0 Å². The first-order chi connectivity index (χ1) is 10.8. The number of thiazole rings is 1. The summed E-state index contributed by atoms with van der Waals surface area (Å²) in [6.45, 7) is 10.2. The van der Waals surface area contributed by atoms with Crippen molar-refractivity contribution in [3.63, 3.8) is 0 Å². The Kier molecular flexibility index (Phi) is 5.35. The van der Waals surface area contributed by atoms with Crippen LogP contribution in [-0.4, -0.2) is 33.1 Å². The van der Waals surface area contributed by atoms with Gasteiger partial charge >= 0.3 is 6.03 Å². The highest BCUT2D eigenvalue weighted by Gasteiger charge is 2.23. The highest BCUT2D eigenvalue weighted by molar-refractivity contribution is 7.11. The van der Waals surface area contributed by atoms with Crippen LogP contribution in [0.4, 0.5) is 4.79 Å². The highest BCUT2D eigenvalue weighted by Crippen LogP contribution is 2.31. The Balaban J connectivity index is 2.00. The van der Waals surface area contributed by atoms with Crippen LogP contribution in [0.15, 0.2) is 4.52 Å². The van der Waals surface area contributed by atoms with E-state index in [1.54, 1.807) is 30.2 Å². The highest BCUT2D eigenvalue weighted by atomic mass is 32.1. The molecule has 7 nitrogen and oxygen atoms in total. The van der Waals surface area contributed by atoms with E-state index in [1.165, 1.54) is 0 Å². The fourth-order valence-corrected chi connectivity index (χ4v) is 3.27. The van der Waals surface area contributed by atoms with E-state index in [0.29, 0.717) is 17.6 Å². The van der Waals surface area contributed by atoms with Gasteiger partial charge in [0.2, 0.25) is 5.89 Å².